The van der Waals surface area contributed by atoms with E-state index >= 15 is 0 Å². The van der Waals surface area contributed by atoms with E-state index in [1.807, 2.05) is 0 Å². The summed E-state index contributed by atoms with van der Waals surface area (Å²) in [5.41, 5.74) is 2.77. The molecule has 4 aliphatic carbocycles. The first kappa shape index (κ1) is 24.3. The fourth-order valence-electron chi connectivity index (χ4n) is 9.37. The summed E-state index contributed by atoms with van der Waals surface area (Å²) in [6.07, 6.45) is 14.0. The maximum absolute atomic E-state index is 11.7. The van der Waals surface area contributed by atoms with Crippen molar-refractivity contribution in [1.82, 2.24) is 0 Å². The zero-order chi connectivity index (χ0) is 23.7. The summed E-state index contributed by atoms with van der Waals surface area (Å²) in [6, 6.07) is 0. The van der Waals surface area contributed by atoms with Gasteiger partial charge in [-0.05, 0) is 85.9 Å². The summed E-state index contributed by atoms with van der Waals surface area (Å²) in [5.74, 6) is 2.15. The monoisotopic (exact) mass is 440 g/mol. The Hall–Kier alpha value is -0.860. The van der Waals surface area contributed by atoms with Crippen molar-refractivity contribution in [3.05, 3.63) is 36.0 Å². The zero-order valence-corrected chi connectivity index (χ0v) is 21.7. The quantitative estimate of drug-likeness (QED) is 0.362. The van der Waals surface area contributed by atoms with Gasteiger partial charge in [0.25, 0.3) is 0 Å². The molecule has 0 aromatic carbocycles. The van der Waals surface area contributed by atoms with E-state index in [0.717, 1.165) is 24.8 Å². The summed E-state index contributed by atoms with van der Waals surface area (Å²) >= 11 is 0. The second kappa shape index (κ2) is 7.84. The van der Waals surface area contributed by atoms with E-state index in [1.54, 1.807) is 0 Å². The average Bonchev–Trinajstić information content (AvgIpc) is 2.96. The maximum atomic E-state index is 11.7. The third-order valence-electron chi connectivity index (χ3n) is 11.4. The first-order valence-corrected chi connectivity index (χ1v) is 13.2. The number of hydrogen-bond acceptors (Lipinski definition) is 2. The second-order valence-corrected chi connectivity index (χ2v) is 13.4. The van der Waals surface area contributed by atoms with Crippen LogP contribution in [0.25, 0.3) is 0 Å². The molecule has 32 heavy (non-hydrogen) atoms. The average molecular weight is 441 g/mol. The highest BCUT2D eigenvalue weighted by molar-refractivity contribution is 5.32. The molecule has 9 atom stereocenters. The van der Waals surface area contributed by atoms with Crippen LogP contribution in [0.1, 0.15) is 93.4 Å². The second-order valence-electron chi connectivity index (χ2n) is 13.4. The molecule has 3 saturated carbocycles. The van der Waals surface area contributed by atoms with Crippen molar-refractivity contribution < 1.29 is 10.2 Å². The zero-order valence-electron chi connectivity index (χ0n) is 21.7. The minimum Gasteiger partial charge on any atom is -0.392 e. The lowest BCUT2D eigenvalue weighted by molar-refractivity contribution is -0.177. The predicted octanol–water partition coefficient (Wildman–Crippen LogP) is 7.08. The normalized spacial score (nSPS) is 48.5. The molecule has 0 amide bonds. The summed E-state index contributed by atoms with van der Waals surface area (Å²) in [4.78, 5) is 0. The van der Waals surface area contributed by atoms with Crippen molar-refractivity contribution >= 4 is 0 Å². The van der Waals surface area contributed by atoms with Gasteiger partial charge >= 0.3 is 0 Å². The first-order valence-electron chi connectivity index (χ1n) is 13.2. The van der Waals surface area contributed by atoms with Crippen LogP contribution in [0.5, 0.6) is 0 Å². The van der Waals surface area contributed by atoms with Gasteiger partial charge in [0.2, 0.25) is 0 Å². The molecule has 180 valence electrons. The van der Waals surface area contributed by atoms with Gasteiger partial charge in [-0.25, -0.2) is 0 Å². The van der Waals surface area contributed by atoms with Crippen molar-refractivity contribution in [2.45, 2.75) is 106 Å². The minimum atomic E-state index is -0.405. The Morgan fingerprint density at radius 1 is 1.06 bits per heavy atom. The van der Waals surface area contributed by atoms with Gasteiger partial charge < -0.3 is 10.2 Å². The number of aliphatic hydroxyl groups is 2. The van der Waals surface area contributed by atoms with Crippen LogP contribution in [0.3, 0.4) is 0 Å². The van der Waals surface area contributed by atoms with Crippen molar-refractivity contribution in [2.75, 3.05) is 0 Å². The van der Waals surface area contributed by atoms with Gasteiger partial charge in [0.05, 0.1) is 12.2 Å². The van der Waals surface area contributed by atoms with E-state index in [9.17, 15) is 10.2 Å². The Balaban J connectivity index is 1.69. The van der Waals surface area contributed by atoms with Crippen molar-refractivity contribution in [3.63, 3.8) is 0 Å². The van der Waals surface area contributed by atoms with Crippen LogP contribution < -0.4 is 0 Å². The molecule has 4 aliphatic rings. The summed E-state index contributed by atoms with van der Waals surface area (Å²) in [6.45, 7) is 20.5. The van der Waals surface area contributed by atoms with Crippen LogP contribution in [-0.2, 0) is 0 Å². The minimum absolute atomic E-state index is 0.118. The Labute approximate surface area is 197 Å². The molecule has 0 bridgehead atoms. The lowest BCUT2D eigenvalue weighted by Crippen LogP contribution is -2.62. The highest BCUT2D eigenvalue weighted by atomic mass is 16.3. The Kier molecular flexibility index (Phi) is 5.95. The molecule has 2 heteroatoms. The maximum Gasteiger partial charge on any atom is 0.0762 e. The standard InChI is InChI=1S/C30H48O2/c1-19(2)10-9-11-20(3)21-14-15-30(8)26-24(31)18-23-22(12-13-25(32)27(23,4)5)28(26,6)16-17-29(21,30)7/h9-10,18,20-22,24-26,31-32H,1,11-17H2,2-8H3/b10-9+/t20-,21-,22-,24+,25+,26+,28+,29-,30+/m1/s1. The van der Waals surface area contributed by atoms with Crippen LogP contribution in [0.2, 0.25) is 0 Å². The first-order chi connectivity index (χ1) is 14.8. The molecule has 3 fully saturated rings. The smallest absolute Gasteiger partial charge is 0.0762 e. The van der Waals surface area contributed by atoms with Crippen LogP contribution in [0, 0.1) is 45.3 Å². The van der Waals surface area contributed by atoms with E-state index in [1.165, 1.54) is 31.3 Å². The van der Waals surface area contributed by atoms with E-state index < -0.39 is 6.10 Å². The molecule has 2 N–H and O–H groups in total. The third kappa shape index (κ3) is 3.26. The van der Waals surface area contributed by atoms with Gasteiger partial charge in [0.15, 0.2) is 0 Å². The summed E-state index contributed by atoms with van der Waals surface area (Å²) < 4.78 is 0. The Morgan fingerprint density at radius 3 is 2.41 bits per heavy atom. The number of hydrogen-bond donors (Lipinski definition) is 2. The van der Waals surface area contributed by atoms with E-state index in [0.29, 0.717) is 23.7 Å². The summed E-state index contributed by atoms with van der Waals surface area (Å²) in [7, 11) is 0. The van der Waals surface area contributed by atoms with Crippen molar-refractivity contribution in [1.29, 1.82) is 0 Å². The molecule has 0 unspecified atom stereocenters. The summed E-state index contributed by atoms with van der Waals surface area (Å²) in [5, 5.41) is 22.5. The fourth-order valence-corrected chi connectivity index (χ4v) is 9.37. The largest absolute Gasteiger partial charge is 0.392 e. The lowest BCUT2D eigenvalue weighted by atomic mass is 9.38. The van der Waals surface area contributed by atoms with Gasteiger partial charge in [-0.15, -0.1) is 0 Å². The van der Waals surface area contributed by atoms with Gasteiger partial charge in [-0.1, -0.05) is 77.5 Å². The molecular formula is C30H48O2. The molecule has 2 nitrogen and oxygen atoms in total. The van der Waals surface area contributed by atoms with Gasteiger partial charge in [0, 0.05) is 11.3 Å². The van der Waals surface area contributed by atoms with Gasteiger partial charge in [-0.3, -0.25) is 0 Å². The van der Waals surface area contributed by atoms with Gasteiger partial charge in [-0.2, -0.15) is 0 Å². The Bertz CT molecular complexity index is 821. The molecule has 0 radical (unpaired) electrons. The number of rotatable bonds is 4. The van der Waals surface area contributed by atoms with Crippen LogP contribution in [0.4, 0.5) is 0 Å². The van der Waals surface area contributed by atoms with Crippen LogP contribution in [-0.4, -0.2) is 22.4 Å². The SMILES string of the molecule is C=C(C)/C=C/C[C@@H](C)[C@H]1CC[C@@]2(C)[C@H]3[C@@H](O)C=C4[C@@H](CC[C@H](O)C4(C)C)[C@]3(C)CC[C@]12C. The topological polar surface area (TPSA) is 40.5 Å². The molecule has 0 aromatic rings. The van der Waals surface area contributed by atoms with Gasteiger partial charge in [0.1, 0.15) is 0 Å². The molecule has 0 saturated heterocycles. The van der Waals surface area contributed by atoms with E-state index in [-0.39, 0.29) is 27.8 Å². The third-order valence-corrected chi connectivity index (χ3v) is 11.4. The highest BCUT2D eigenvalue weighted by Gasteiger charge is 2.69. The molecular weight excluding hydrogens is 392 g/mol. The van der Waals surface area contributed by atoms with Crippen molar-refractivity contribution in [2.24, 2.45) is 45.3 Å². The molecule has 4 rings (SSSR count). The van der Waals surface area contributed by atoms with Crippen molar-refractivity contribution in [3.8, 4) is 0 Å². The molecule has 0 aliphatic heterocycles. The van der Waals surface area contributed by atoms with Crippen LogP contribution >= 0.6 is 0 Å². The lowest BCUT2D eigenvalue weighted by Gasteiger charge is -2.66. The Morgan fingerprint density at radius 2 is 1.75 bits per heavy atom. The van der Waals surface area contributed by atoms with E-state index in [4.69, 9.17) is 0 Å². The molecule has 0 heterocycles. The fraction of sp³-hybridized carbons (Fsp3) is 0.800. The number of allylic oxidation sites excluding steroid dienone is 3. The predicted molar refractivity (Wildman–Crippen MR) is 134 cm³/mol. The highest BCUT2D eigenvalue weighted by Crippen LogP contribution is 2.74. The molecule has 0 aromatic heterocycles. The van der Waals surface area contributed by atoms with E-state index in [2.05, 4.69) is 73.3 Å². The van der Waals surface area contributed by atoms with Crippen LogP contribution in [0.15, 0.2) is 36.0 Å². The molecule has 0 spiro atoms. The number of aliphatic hydroxyl groups excluding tert-OH is 2. The number of fused-ring (bicyclic) bond motifs is 5.